The van der Waals surface area contributed by atoms with Crippen LogP contribution in [0.25, 0.3) is 0 Å². The number of nitrogens with zero attached hydrogens (tertiary/aromatic N) is 2. The van der Waals surface area contributed by atoms with Gasteiger partial charge in [0, 0.05) is 13.1 Å². The fraction of sp³-hybridized carbons (Fsp3) is 0.769. The third-order valence-electron chi connectivity index (χ3n) is 3.47. The molecule has 0 radical (unpaired) electrons. The van der Waals surface area contributed by atoms with Gasteiger partial charge in [0.25, 0.3) is 0 Å². The molecule has 92 valence electrons. The second kappa shape index (κ2) is 6.04. The molecule has 1 aromatic rings. The third kappa shape index (κ3) is 3.08. The lowest BCUT2D eigenvalue weighted by Gasteiger charge is -2.21. The molecular formula is C13H25N3. The molecule has 1 heterocycles. The molecule has 0 aliphatic heterocycles. The summed E-state index contributed by atoms with van der Waals surface area (Å²) in [5.74, 6) is 0.799. The number of nitrogens with one attached hydrogen (secondary N) is 1. The molecule has 1 N–H and O–H groups in total. The Morgan fingerprint density at radius 3 is 2.38 bits per heavy atom. The van der Waals surface area contributed by atoms with Crippen LogP contribution in [-0.4, -0.2) is 16.8 Å². The zero-order valence-electron chi connectivity index (χ0n) is 11.2. The molecule has 0 spiro atoms. The lowest BCUT2D eigenvalue weighted by Crippen LogP contribution is -2.22. The van der Waals surface area contributed by atoms with E-state index in [-0.39, 0.29) is 0 Å². The summed E-state index contributed by atoms with van der Waals surface area (Å²) < 4.78 is 2.00. The average molecular weight is 223 g/mol. The van der Waals surface area contributed by atoms with Crippen molar-refractivity contribution in [3.63, 3.8) is 0 Å². The molecule has 0 aliphatic carbocycles. The van der Waals surface area contributed by atoms with E-state index in [1.54, 1.807) is 0 Å². The van der Waals surface area contributed by atoms with Gasteiger partial charge in [0.15, 0.2) is 0 Å². The van der Waals surface area contributed by atoms with Gasteiger partial charge in [-0.2, -0.15) is 5.10 Å². The molecule has 1 aromatic heterocycles. The Hall–Kier alpha value is -0.830. The maximum absolute atomic E-state index is 4.42. The lowest BCUT2D eigenvalue weighted by molar-refractivity contribution is 0.373. The molecule has 0 amide bonds. The first-order valence-corrected chi connectivity index (χ1v) is 6.30. The summed E-state index contributed by atoms with van der Waals surface area (Å²) in [5, 5.41) is 7.83. The van der Waals surface area contributed by atoms with E-state index in [0.29, 0.717) is 6.04 Å². The second-order valence-electron chi connectivity index (χ2n) is 4.59. The maximum atomic E-state index is 4.42. The van der Waals surface area contributed by atoms with Gasteiger partial charge in [-0.25, -0.2) is 0 Å². The number of hydrogen-bond donors (Lipinski definition) is 1. The quantitative estimate of drug-likeness (QED) is 0.803. The molecule has 0 bridgehead atoms. The summed E-state index contributed by atoms with van der Waals surface area (Å²) in [6.07, 6.45) is 3.71. The molecule has 0 saturated heterocycles. The van der Waals surface area contributed by atoms with Crippen LogP contribution in [0.15, 0.2) is 6.07 Å². The largest absolute Gasteiger partial charge is 0.312 e. The first-order valence-electron chi connectivity index (χ1n) is 6.30. The van der Waals surface area contributed by atoms with Gasteiger partial charge in [0.2, 0.25) is 0 Å². The second-order valence-corrected chi connectivity index (χ2v) is 4.59. The van der Waals surface area contributed by atoms with E-state index < -0.39 is 0 Å². The number of rotatable bonds is 6. The molecule has 0 fully saturated rings. The van der Waals surface area contributed by atoms with Crippen molar-refractivity contribution in [1.82, 2.24) is 15.1 Å². The van der Waals surface area contributed by atoms with Crippen LogP contribution in [0, 0.1) is 12.8 Å². The topological polar surface area (TPSA) is 29.9 Å². The zero-order valence-corrected chi connectivity index (χ0v) is 11.2. The first kappa shape index (κ1) is 13.2. The van der Waals surface area contributed by atoms with Crippen molar-refractivity contribution in [2.24, 2.45) is 13.0 Å². The fourth-order valence-electron chi connectivity index (χ4n) is 2.30. The summed E-state index contributed by atoms with van der Waals surface area (Å²) in [5.41, 5.74) is 2.40. The molecular weight excluding hydrogens is 198 g/mol. The summed E-state index contributed by atoms with van der Waals surface area (Å²) in [6.45, 7) is 6.60. The van der Waals surface area contributed by atoms with Crippen molar-refractivity contribution in [2.75, 3.05) is 7.05 Å². The number of aryl methyl sites for hydroxylation is 2. The highest BCUT2D eigenvalue weighted by Gasteiger charge is 2.17. The smallest absolute Gasteiger partial charge is 0.0597 e. The third-order valence-corrected chi connectivity index (χ3v) is 3.47. The highest BCUT2D eigenvalue weighted by Crippen LogP contribution is 2.25. The first-order chi connectivity index (χ1) is 7.62. The van der Waals surface area contributed by atoms with Gasteiger partial charge < -0.3 is 5.32 Å². The van der Waals surface area contributed by atoms with Crippen LogP contribution in [0.2, 0.25) is 0 Å². The zero-order chi connectivity index (χ0) is 12.1. The Labute approximate surface area is 99.2 Å². The van der Waals surface area contributed by atoms with Gasteiger partial charge in [-0.3, -0.25) is 4.68 Å². The van der Waals surface area contributed by atoms with E-state index in [1.807, 2.05) is 25.7 Å². The van der Waals surface area contributed by atoms with Crippen molar-refractivity contribution >= 4 is 0 Å². The predicted octanol–water partition coefficient (Wildman–Crippen LogP) is 2.82. The Morgan fingerprint density at radius 1 is 1.38 bits per heavy atom. The standard InChI is InChI=1S/C13H25N3/c1-6-11(7-2)9-12(14-4)13-8-10(3)15-16(13)5/h8,11-12,14H,6-7,9H2,1-5H3. The minimum atomic E-state index is 0.427. The summed E-state index contributed by atoms with van der Waals surface area (Å²) in [4.78, 5) is 0. The number of aromatic nitrogens is 2. The summed E-state index contributed by atoms with van der Waals surface area (Å²) >= 11 is 0. The van der Waals surface area contributed by atoms with Gasteiger partial charge >= 0.3 is 0 Å². The number of hydrogen-bond acceptors (Lipinski definition) is 2. The molecule has 0 saturated carbocycles. The molecule has 3 heteroatoms. The van der Waals surface area contributed by atoms with Gasteiger partial charge in [-0.15, -0.1) is 0 Å². The molecule has 0 aromatic carbocycles. The van der Waals surface area contributed by atoms with Crippen molar-refractivity contribution in [2.45, 2.75) is 46.1 Å². The summed E-state index contributed by atoms with van der Waals surface area (Å²) in [6, 6.07) is 2.61. The van der Waals surface area contributed by atoms with Crippen LogP contribution in [0.1, 0.15) is 50.5 Å². The van der Waals surface area contributed by atoms with E-state index in [4.69, 9.17) is 0 Å². The van der Waals surface area contributed by atoms with E-state index in [2.05, 4.69) is 30.3 Å². The van der Waals surface area contributed by atoms with Crippen LogP contribution in [0.4, 0.5) is 0 Å². The Bertz CT molecular complexity index is 313. The molecule has 16 heavy (non-hydrogen) atoms. The molecule has 0 aliphatic rings. The molecule has 1 unspecified atom stereocenters. The van der Waals surface area contributed by atoms with Gasteiger partial charge in [0.05, 0.1) is 11.4 Å². The van der Waals surface area contributed by atoms with E-state index in [1.165, 1.54) is 25.0 Å². The van der Waals surface area contributed by atoms with Crippen LogP contribution in [0.5, 0.6) is 0 Å². The molecule has 1 atom stereocenters. The minimum absolute atomic E-state index is 0.427. The van der Waals surface area contributed by atoms with Crippen LogP contribution in [-0.2, 0) is 7.05 Å². The average Bonchev–Trinajstić information content (AvgIpc) is 2.60. The highest BCUT2D eigenvalue weighted by atomic mass is 15.3. The van der Waals surface area contributed by atoms with Gasteiger partial charge in [0.1, 0.15) is 0 Å². The van der Waals surface area contributed by atoms with Gasteiger partial charge in [-0.1, -0.05) is 26.7 Å². The van der Waals surface area contributed by atoms with Crippen molar-refractivity contribution in [3.05, 3.63) is 17.5 Å². The summed E-state index contributed by atoms with van der Waals surface area (Å²) in [7, 11) is 4.06. The fourth-order valence-corrected chi connectivity index (χ4v) is 2.30. The van der Waals surface area contributed by atoms with E-state index in [9.17, 15) is 0 Å². The Kier molecular flexibility index (Phi) is 5.00. The SMILES string of the molecule is CCC(CC)CC(NC)c1cc(C)nn1C. The van der Waals surface area contributed by atoms with Crippen LogP contribution >= 0.6 is 0 Å². The Balaban J connectivity index is 2.77. The maximum Gasteiger partial charge on any atom is 0.0597 e. The van der Waals surface area contributed by atoms with Crippen LogP contribution < -0.4 is 5.32 Å². The van der Waals surface area contributed by atoms with E-state index >= 15 is 0 Å². The van der Waals surface area contributed by atoms with Crippen molar-refractivity contribution in [1.29, 1.82) is 0 Å². The predicted molar refractivity (Wildman–Crippen MR) is 68.4 cm³/mol. The van der Waals surface area contributed by atoms with Gasteiger partial charge in [-0.05, 0) is 32.4 Å². The minimum Gasteiger partial charge on any atom is -0.312 e. The monoisotopic (exact) mass is 223 g/mol. The van der Waals surface area contributed by atoms with Crippen LogP contribution in [0.3, 0.4) is 0 Å². The van der Waals surface area contributed by atoms with E-state index in [0.717, 1.165) is 11.6 Å². The normalized spacial score (nSPS) is 13.4. The molecule has 1 rings (SSSR count). The van der Waals surface area contributed by atoms with Crippen molar-refractivity contribution < 1.29 is 0 Å². The Morgan fingerprint density at radius 2 is 2.00 bits per heavy atom. The lowest BCUT2D eigenvalue weighted by atomic mass is 9.93. The van der Waals surface area contributed by atoms with Crippen molar-refractivity contribution in [3.8, 4) is 0 Å². The highest BCUT2D eigenvalue weighted by molar-refractivity contribution is 5.13. The molecule has 3 nitrogen and oxygen atoms in total.